The molecule has 0 bridgehead atoms. The Hall–Kier alpha value is -1.33. The molecule has 0 aliphatic carbocycles. The molecule has 1 aromatic heterocycles. The third-order valence-electron chi connectivity index (χ3n) is 4.12. The molecule has 3 heterocycles. The minimum absolute atomic E-state index is 0.258. The van der Waals surface area contributed by atoms with Crippen LogP contribution in [0.5, 0.6) is 0 Å². The lowest BCUT2D eigenvalue weighted by Crippen LogP contribution is -2.28. The van der Waals surface area contributed by atoms with E-state index in [1.54, 1.807) is 0 Å². The van der Waals surface area contributed by atoms with Crippen molar-refractivity contribution in [1.29, 1.82) is 0 Å². The third kappa shape index (κ3) is 2.15. The van der Waals surface area contributed by atoms with E-state index in [1.165, 1.54) is 16.9 Å². The zero-order valence-electron chi connectivity index (χ0n) is 11.2. The maximum absolute atomic E-state index is 5.56. The lowest BCUT2D eigenvalue weighted by molar-refractivity contribution is 0.356. The maximum Gasteiger partial charge on any atom is 0.235 e. The Labute approximate surface area is 122 Å². The van der Waals surface area contributed by atoms with Crippen LogP contribution in [-0.4, -0.2) is 29.0 Å². The highest BCUT2D eigenvalue weighted by molar-refractivity contribution is 7.99. The SMILES string of the molecule is c1ccc2c(c1)SCC2c1nc(C2CCCNC2)no1. The molecule has 2 aliphatic heterocycles. The minimum atomic E-state index is 0.258. The van der Waals surface area contributed by atoms with Gasteiger partial charge in [0.1, 0.15) is 0 Å². The van der Waals surface area contributed by atoms with E-state index < -0.39 is 0 Å². The largest absolute Gasteiger partial charge is 0.339 e. The van der Waals surface area contributed by atoms with E-state index in [1.807, 2.05) is 11.8 Å². The number of rotatable bonds is 2. The highest BCUT2D eigenvalue weighted by atomic mass is 32.2. The molecule has 0 amide bonds. The third-order valence-corrected chi connectivity index (χ3v) is 5.30. The van der Waals surface area contributed by atoms with Crippen LogP contribution in [-0.2, 0) is 0 Å². The number of hydrogen-bond donors (Lipinski definition) is 1. The van der Waals surface area contributed by atoms with Crippen LogP contribution in [0.25, 0.3) is 0 Å². The van der Waals surface area contributed by atoms with Gasteiger partial charge in [0.15, 0.2) is 5.82 Å². The van der Waals surface area contributed by atoms with Crippen LogP contribution in [0.1, 0.15) is 42.0 Å². The van der Waals surface area contributed by atoms with E-state index >= 15 is 0 Å². The van der Waals surface area contributed by atoms with Gasteiger partial charge in [-0.3, -0.25) is 0 Å². The molecule has 2 aromatic rings. The van der Waals surface area contributed by atoms with Crippen LogP contribution >= 0.6 is 11.8 Å². The predicted octanol–water partition coefficient (Wildman–Crippen LogP) is 2.77. The van der Waals surface area contributed by atoms with Gasteiger partial charge >= 0.3 is 0 Å². The molecule has 4 rings (SSSR count). The summed E-state index contributed by atoms with van der Waals surface area (Å²) in [4.78, 5) is 6.03. The van der Waals surface area contributed by atoms with Crippen LogP contribution in [0.4, 0.5) is 0 Å². The molecule has 2 aliphatic rings. The van der Waals surface area contributed by atoms with Crippen molar-refractivity contribution >= 4 is 11.8 Å². The normalized spacial score (nSPS) is 25.6. The number of fused-ring (bicyclic) bond motifs is 1. The fraction of sp³-hybridized carbons (Fsp3) is 0.467. The number of benzene rings is 1. The molecular formula is C15H17N3OS. The van der Waals surface area contributed by atoms with Gasteiger partial charge in [-0.1, -0.05) is 23.4 Å². The fourth-order valence-corrected chi connectivity index (χ4v) is 4.21. The molecule has 4 nitrogen and oxygen atoms in total. The van der Waals surface area contributed by atoms with Crippen molar-refractivity contribution in [3.05, 3.63) is 41.5 Å². The highest BCUT2D eigenvalue weighted by Crippen LogP contribution is 2.42. The Morgan fingerprint density at radius 3 is 3.15 bits per heavy atom. The number of thioether (sulfide) groups is 1. The Morgan fingerprint density at radius 1 is 1.30 bits per heavy atom. The van der Waals surface area contributed by atoms with Crippen molar-refractivity contribution in [2.45, 2.75) is 29.6 Å². The summed E-state index contributed by atoms with van der Waals surface area (Å²) in [6.45, 7) is 2.07. The maximum atomic E-state index is 5.56. The van der Waals surface area contributed by atoms with Crippen molar-refractivity contribution in [3.8, 4) is 0 Å². The summed E-state index contributed by atoms with van der Waals surface area (Å²) in [5.41, 5.74) is 1.33. The summed E-state index contributed by atoms with van der Waals surface area (Å²) in [5, 5.41) is 7.62. The van der Waals surface area contributed by atoms with Gasteiger partial charge in [0.2, 0.25) is 5.89 Å². The summed E-state index contributed by atoms with van der Waals surface area (Å²) in [7, 11) is 0. The molecule has 1 saturated heterocycles. The number of nitrogens with zero attached hydrogens (tertiary/aromatic N) is 2. The van der Waals surface area contributed by atoms with Crippen molar-refractivity contribution in [2.24, 2.45) is 0 Å². The molecule has 1 aromatic carbocycles. The molecule has 0 spiro atoms. The van der Waals surface area contributed by atoms with Gasteiger partial charge in [-0.05, 0) is 31.0 Å². The first kappa shape index (κ1) is 12.4. The molecule has 1 N–H and O–H groups in total. The number of nitrogens with one attached hydrogen (secondary N) is 1. The van der Waals surface area contributed by atoms with Gasteiger partial charge in [-0.2, -0.15) is 4.98 Å². The summed E-state index contributed by atoms with van der Waals surface area (Å²) in [6.07, 6.45) is 2.35. The first-order valence-corrected chi connectivity index (χ1v) is 8.16. The van der Waals surface area contributed by atoms with E-state index in [2.05, 4.69) is 39.7 Å². The van der Waals surface area contributed by atoms with Crippen LogP contribution in [0, 0.1) is 0 Å². The predicted molar refractivity (Wildman–Crippen MR) is 78.2 cm³/mol. The highest BCUT2D eigenvalue weighted by Gasteiger charge is 2.30. The van der Waals surface area contributed by atoms with E-state index in [4.69, 9.17) is 4.52 Å². The first-order valence-electron chi connectivity index (χ1n) is 7.18. The Kier molecular flexibility index (Phi) is 3.24. The van der Waals surface area contributed by atoms with Crippen LogP contribution in [0.3, 0.4) is 0 Å². The molecule has 20 heavy (non-hydrogen) atoms. The van der Waals surface area contributed by atoms with E-state index in [0.29, 0.717) is 5.92 Å². The number of aromatic nitrogens is 2. The first-order chi connectivity index (χ1) is 9.92. The van der Waals surface area contributed by atoms with Gasteiger partial charge < -0.3 is 9.84 Å². The average molecular weight is 287 g/mol. The van der Waals surface area contributed by atoms with Crippen LogP contribution in [0.15, 0.2) is 33.7 Å². The minimum Gasteiger partial charge on any atom is -0.339 e. The Balaban J connectivity index is 1.59. The molecule has 104 valence electrons. The lowest BCUT2D eigenvalue weighted by Gasteiger charge is -2.19. The second-order valence-electron chi connectivity index (χ2n) is 5.44. The van der Waals surface area contributed by atoms with Gasteiger partial charge in [0.25, 0.3) is 0 Å². The summed E-state index contributed by atoms with van der Waals surface area (Å²) in [5.74, 6) is 3.33. The van der Waals surface area contributed by atoms with Gasteiger partial charge in [0, 0.05) is 23.1 Å². The number of piperidine rings is 1. The summed E-state index contributed by atoms with van der Waals surface area (Å²) in [6, 6.07) is 8.51. The summed E-state index contributed by atoms with van der Waals surface area (Å²) < 4.78 is 5.56. The zero-order chi connectivity index (χ0) is 13.4. The van der Waals surface area contributed by atoms with E-state index in [-0.39, 0.29) is 5.92 Å². The molecule has 5 heteroatoms. The molecule has 0 radical (unpaired) electrons. The molecule has 1 fully saturated rings. The van der Waals surface area contributed by atoms with Gasteiger partial charge in [-0.25, -0.2) is 0 Å². The van der Waals surface area contributed by atoms with Gasteiger partial charge in [-0.15, -0.1) is 11.8 Å². The van der Waals surface area contributed by atoms with Gasteiger partial charge in [0.05, 0.1) is 5.92 Å². The van der Waals surface area contributed by atoms with Crippen molar-refractivity contribution in [2.75, 3.05) is 18.8 Å². The van der Waals surface area contributed by atoms with E-state index in [0.717, 1.165) is 37.0 Å². The van der Waals surface area contributed by atoms with Crippen molar-refractivity contribution in [1.82, 2.24) is 15.5 Å². The Bertz CT molecular complexity index is 607. The topological polar surface area (TPSA) is 51.0 Å². The average Bonchev–Trinajstić information content (AvgIpc) is 3.14. The summed E-state index contributed by atoms with van der Waals surface area (Å²) >= 11 is 1.88. The fourth-order valence-electron chi connectivity index (χ4n) is 2.99. The van der Waals surface area contributed by atoms with Crippen molar-refractivity contribution in [3.63, 3.8) is 0 Å². The second kappa shape index (κ2) is 5.22. The van der Waals surface area contributed by atoms with Crippen molar-refractivity contribution < 1.29 is 4.52 Å². The van der Waals surface area contributed by atoms with Crippen LogP contribution in [0.2, 0.25) is 0 Å². The monoisotopic (exact) mass is 287 g/mol. The Morgan fingerprint density at radius 2 is 2.25 bits per heavy atom. The zero-order valence-corrected chi connectivity index (χ0v) is 12.0. The standard InChI is InChI=1S/C15H17N3OS/c1-2-6-13-11(5-1)12(9-20-13)15-17-14(18-19-15)10-4-3-7-16-8-10/h1-2,5-6,10,12,16H,3-4,7-9H2. The molecule has 2 unspecified atom stereocenters. The molecular weight excluding hydrogens is 270 g/mol. The molecule has 2 atom stereocenters. The number of hydrogen-bond acceptors (Lipinski definition) is 5. The van der Waals surface area contributed by atoms with E-state index in [9.17, 15) is 0 Å². The van der Waals surface area contributed by atoms with Crippen LogP contribution < -0.4 is 5.32 Å². The molecule has 0 saturated carbocycles. The second-order valence-corrected chi connectivity index (χ2v) is 6.50. The quantitative estimate of drug-likeness (QED) is 0.920. The lowest BCUT2D eigenvalue weighted by atomic mass is 9.98. The smallest absolute Gasteiger partial charge is 0.235 e.